The van der Waals surface area contributed by atoms with Crippen molar-refractivity contribution in [2.45, 2.75) is 96.1 Å². The Bertz CT molecular complexity index is 2530. The molecular weight excluding hydrogens is 829 g/mol. The first-order chi connectivity index (χ1) is 29.2. The number of hydrogen-bond acceptors (Lipinski definition) is 8. The Labute approximate surface area is 350 Å². The molecule has 1 atom stereocenters. The number of benzene rings is 3. The van der Waals surface area contributed by atoms with Crippen LogP contribution in [0, 0.1) is 5.82 Å². The summed E-state index contributed by atoms with van der Waals surface area (Å²) in [5.74, 6) is -1.95. The summed E-state index contributed by atoms with van der Waals surface area (Å²) in [7, 11) is 0. The fourth-order valence-electron chi connectivity index (χ4n) is 7.83. The molecule has 2 aromatic heterocycles. The van der Waals surface area contributed by atoms with E-state index in [1.54, 1.807) is 49.9 Å². The SMILES string of the molecule is CC(C)(C)OC(=O)NC(Cn1c(=O)c2c(n(Cc3c(F)cccc3C(F)(F)F)c1=O)COC21CCN(Cc2ccc(C(F)(F)F)o2)CC1)c1cccc(OCc2ccccc2)c1. The summed E-state index contributed by atoms with van der Waals surface area (Å²) in [4.78, 5) is 44.6. The van der Waals surface area contributed by atoms with Gasteiger partial charge in [0.25, 0.3) is 5.56 Å². The molecule has 18 heteroatoms. The first-order valence-corrected chi connectivity index (χ1v) is 19.7. The van der Waals surface area contributed by atoms with Gasteiger partial charge >= 0.3 is 24.1 Å². The van der Waals surface area contributed by atoms with Crippen LogP contribution in [0.25, 0.3) is 0 Å². The first kappa shape index (κ1) is 44.2. The van der Waals surface area contributed by atoms with E-state index in [0.29, 0.717) is 17.4 Å². The Balaban J connectivity index is 1.29. The van der Waals surface area contributed by atoms with E-state index in [2.05, 4.69) is 5.32 Å². The zero-order valence-corrected chi connectivity index (χ0v) is 33.9. The van der Waals surface area contributed by atoms with E-state index in [1.807, 2.05) is 30.3 Å². The molecule has 0 saturated carbocycles. The molecule has 4 heterocycles. The number of carbonyl (C=O) groups is 1. The van der Waals surface area contributed by atoms with Crippen LogP contribution in [-0.4, -0.2) is 38.8 Å². The average molecular weight is 873 g/mol. The zero-order valence-electron chi connectivity index (χ0n) is 33.9. The van der Waals surface area contributed by atoms with Crippen molar-refractivity contribution in [3.05, 3.63) is 157 Å². The van der Waals surface area contributed by atoms with Gasteiger partial charge < -0.3 is 23.9 Å². The molecule has 7 rings (SSSR count). The van der Waals surface area contributed by atoms with Gasteiger partial charge in [-0.1, -0.05) is 48.5 Å². The maximum Gasteiger partial charge on any atom is 0.449 e. The van der Waals surface area contributed by atoms with Crippen LogP contribution in [0.2, 0.25) is 0 Å². The molecule has 1 spiro atoms. The summed E-state index contributed by atoms with van der Waals surface area (Å²) in [5, 5.41) is 2.73. The molecule has 5 aromatic rings. The minimum atomic E-state index is -5.01. The fraction of sp³-hybridized carbons (Fsp3) is 0.386. The predicted octanol–water partition coefficient (Wildman–Crippen LogP) is 8.69. The molecule has 330 valence electrons. The van der Waals surface area contributed by atoms with Crippen LogP contribution in [0.1, 0.15) is 84.7 Å². The van der Waals surface area contributed by atoms with Gasteiger partial charge in [0.05, 0.1) is 49.1 Å². The number of nitrogens with zero attached hydrogens (tertiary/aromatic N) is 3. The van der Waals surface area contributed by atoms with Gasteiger partial charge in [0.15, 0.2) is 0 Å². The van der Waals surface area contributed by atoms with Crippen molar-refractivity contribution in [1.29, 1.82) is 0 Å². The van der Waals surface area contributed by atoms with Crippen LogP contribution in [-0.2, 0) is 60.3 Å². The lowest BCUT2D eigenvalue weighted by molar-refractivity contribution is -0.153. The van der Waals surface area contributed by atoms with Crippen molar-refractivity contribution in [1.82, 2.24) is 19.4 Å². The summed E-state index contributed by atoms with van der Waals surface area (Å²) in [5.41, 5.74) is -5.27. The van der Waals surface area contributed by atoms with E-state index < -0.39 is 82.7 Å². The Morgan fingerprint density at radius 3 is 2.23 bits per heavy atom. The monoisotopic (exact) mass is 872 g/mol. The molecule has 1 fully saturated rings. The largest absolute Gasteiger partial charge is 0.489 e. The molecule has 1 amide bonds. The molecule has 0 aliphatic carbocycles. The maximum atomic E-state index is 15.4. The Hall–Kier alpha value is -5.88. The van der Waals surface area contributed by atoms with Gasteiger partial charge in [-0.3, -0.25) is 18.8 Å². The molecule has 62 heavy (non-hydrogen) atoms. The average Bonchev–Trinajstić information content (AvgIpc) is 3.83. The quantitative estimate of drug-likeness (QED) is 0.131. The molecule has 0 radical (unpaired) electrons. The number of piperidine rings is 1. The maximum absolute atomic E-state index is 15.4. The van der Waals surface area contributed by atoms with Crippen molar-refractivity contribution in [2.75, 3.05) is 13.1 Å². The van der Waals surface area contributed by atoms with Gasteiger partial charge in [0.2, 0.25) is 5.76 Å². The molecule has 1 N–H and O–H groups in total. The lowest BCUT2D eigenvalue weighted by Crippen LogP contribution is -2.50. The summed E-state index contributed by atoms with van der Waals surface area (Å²) >= 11 is 0. The van der Waals surface area contributed by atoms with Gasteiger partial charge in [-0.05, 0) is 81.1 Å². The van der Waals surface area contributed by atoms with Crippen molar-refractivity contribution in [3.8, 4) is 5.75 Å². The Morgan fingerprint density at radius 1 is 0.855 bits per heavy atom. The highest BCUT2D eigenvalue weighted by atomic mass is 19.4. The third-order valence-corrected chi connectivity index (χ3v) is 10.8. The van der Waals surface area contributed by atoms with Crippen molar-refractivity contribution >= 4 is 6.09 Å². The molecule has 2 aliphatic heterocycles. The first-order valence-electron chi connectivity index (χ1n) is 19.7. The van der Waals surface area contributed by atoms with Crippen molar-refractivity contribution in [2.24, 2.45) is 0 Å². The number of furan rings is 1. The highest BCUT2D eigenvalue weighted by molar-refractivity contribution is 5.68. The number of alkyl carbamates (subject to hydrolysis) is 1. The van der Waals surface area contributed by atoms with Crippen molar-refractivity contribution < 1.29 is 54.2 Å². The number of halogens is 7. The van der Waals surface area contributed by atoms with Gasteiger partial charge in [0, 0.05) is 18.7 Å². The normalized spacial score (nSPS) is 16.0. The number of ether oxygens (including phenoxy) is 3. The van der Waals surface area contributed by atoms with Gasteiger partial charge in [0.1, 0.15) is 35.1 Å². The number of likely N-dealkylation sites (tertiary alicyclic amines) is 1. The molecule has 3 aromatic carbocycles. The number of amides is 1. The molecule has 2 aliphatic rings. The number of rotatable bonds is 11. The second-order valence-corrected chi connectivity index (χ2v) is 16.2. The van der Waals surface area contributed by atoms with E-state index >= 15 is 4.39 Å². The number of carbonyl (C=O) groups excluding carboxylic acids is 1. The van der Waals surface area contributed by atoms with E-state index in [9.17, 15) is 40.7 Å². The molecule has 1 unspecified atom stereocenters. The van der Waals surface area contributed by atoms with Crippen LogP contribution < -0.4 is 21.3 Å². The molecule has 11 nitrogen and oxygen atoms in total. The second kappa shape index (κ2) is 17.1. The second-order valence-electron chi connectivity index (χ2n) is 16.2. The highest BCUT2D eigenvalue weighted by Crippen LogP contribution is 2.43. The van der Waals surface area contributed by atoms with Crippen LogP contribution in [0.5, 0.6) is 5.75 Å². The third kappa shape index (κ3) is 9.75. The highest BCUT2D eigenvalue weighted by Gasteiger charge is 2.48. The van der Waals surface area contributed by atoms with Crippen LogP contribution >= 0.6 is 0 Å². The number of aromatic nitrogens is 2. The van der Waals surface area contributed by atoms with E-state index in [1.165, 1.54) is 6.07 Å². The predicted molar refractivity (Wildman–Crippen MR) is 209 cm³/mol. The van der Waals surface area contributed by atoms with Gasteiger partial charge in [-0.25, -0.2) is 14.0 Å². The molecule has 0 bridgehead atoms. The lowest BCUT2D eigenvalue weighted by atomic mass is 9.85. The summed E-state index contributed by atoms with van der Waals surface area (Å²) in [6.07, 6.45) is -10.4. The lowest BCUT2D eigenvalue weighted by Gasteiger charge is -2.38. The van der Waals surface area contributed by atoms with Gasteiger partial charge in [-0.2, -0.15) is 26.3 Å². The number of hydrogen-bond donors (Lipinski definition) is 1. The fourth-order valence-corrected chi connectivity index (χ4v) is 7.83. The summed E-state index contributed by atoms with van der Waals surface area (Å²) in [6.45, 7) is 3.61. The topological polar surface area (TPSA) is 117 Å². The van der Waals surface area contributed by atoms with Crippen LogP contribution in [0.15, 0.2) is 98.9 Å². The number of nitrogens with one attached hydrogen (secondary N) is 1. The Kier molecular flexibility index (Phi) is 12.2. The minimum absolute atomic E-state index is 0.00237. The third-order valence-electron chi connectivity index (χ3n) is 10.8. The van der Waals surface area contributed by atoms with Crippen molar-refractivity contribution in [3.63, 3.8) is 0 Å². The summed E-state index contributed by atoms with van der Waals surface area (Å²) < 4.78 is 123. The van der Waals surface area contributed by atoms with Crippen LogP contribution in [0.4, 0.5) is 35.5 Å². The van der Waals surface area contributed by atoms with Crippen LogP contribution in [0.3, 0.4) is 0 Å². The smallest absolute Gasteiger partial charge is 0.449 e. The molecular formula is C44H43F7N4O7. The van der Waals surface area contributed by atoms with E-state index in [0.717, 1.165) is 32.9 Å². The minimum Gasteiger partial charge on any atom is -0.489 e. The molecule has 1 saturated heterocycles. The summed E-state index contributed by atoms with van der Waals surface area (Å²) in [6, 6.07) is 19.2. The van der Waals surface area contributed by atoms with E-state index in [4.69, 9.17) is 18.6 Å². The number of fused-ring (bicyclic) bond motifs is 2. The Morgan fingerprint density at radius 2 is 1.56 bits per heavy atom. The zero-order chi connectivity index (χ0) is 44.6. The van der Waals surface area contributed by atoms with E-state index in [-0.39, 0.29) is 62.7 Å². The number of alkyl halides is 6. The van der Waals surface area contributed by atoms with Gasteiger partial charge in [-0.15, -0.1) is 0 Å². The standard InChI is InChI=1S/C44H43F7N4O7/c1-41(2,3)62-39(57)52-34(28-11-7-12-29(21-28)59-25-27-9-5-4-6-10-27)24-55-38(56)37-35(54(40(55)58)23-31-32(43(46,47)48)13-8-14-33(31)45)26-60-42(37)17-19-53(20-18-42)22-30-15-16-36(61-30)44(49,50)51/h4-16,21,34H,17-20,22-26H2,1-3H3,(H,52,57).